The standard InChI is InChI=1S/C19H22F3NO4S/c1-11-3-4-12-9-15-14-6-5-13(24)10-18(14,7-8-23(15)2)16(12)17(11)27-28(25,26)19(20,21)22/h3-4,14-15H,5-10H2,1-2H3/t14-,15?,18-/m0/s1. The minimum atomic E-state index is -5.79. The first-order valence-corrected chi connectivity index (χ1v) is 10.7. The molecule has 0 amide bonds. The van der Waals surface area contributed by atoms with E-state index in [1.165, 1.54) is 0 Å². The van der Waals surface area contributed by atoms with E-state index in [0.29, 0.717) is 43.4 Å². The van der Waals surface area contributed by atoms with Gasteiger partial charge in [-0.15, -0.1) is 0 Å². The molecule has 3 aliphatic rings. The van der Waals surface area contributed by atoms with Crippen LogP contribution < -0.4 is 4.18 Å². The molecule has 1 aromatic rings. The van der Waals surface area contributed by atoms with Crippen molar-refractivity contribution in [2.24, 2.45) is 5.92 Å². The van der Waals surface area contributed by atoms with Crippen LogP contribution in [0.15, 0.2) is 12.1 Å². The highest BCUT2D eigenvalue weighted by atomic mass is 32.2. The molecule has 5 nitrogen and oxygen atoms in total. The van der Waals surface area contributed by atoms with E-state index in [-0.39, 0.29) is 29.9 Å². The van der Waals surface area contributed by atoms with Crippen molar-refractivity contribution in [3.05, 3.63) is 28.8 Å². The van der Waals surface area contributed by atoms with Gasteiger partial charge in [0, 0.05) is 29.9 Å². The predicted octanol–water partition coefficient (Wildman–Crippen LogP) is 3.09. The lowest BCUT2D eigenvalue weighted by molar-refractivity contribution is -0.126. The highest BCUT2D eigenvalue weighted by molar-refractivity contribution is 7.88. The van der Waals surface area contributed by atoms with E-state index in [4.69, 9.17) is 4.18 Å². The van der Waals surface area contributed by atoms with Gasteiger partial charge in [-0.3, -0.25) is 4.79 Å². The average molecular weight is 417 g/mol. The van der Waals surface area contributed by atoms with Gasteiger partial charge in [0.25, 0.3) is 0 Å². The quantitative estimate of drug-likeness (QED) is 0.547. The lowest BCUT2D eigenvalue weighted by Gasteiger charge is -2.58. The summed E-state index contributed by atoms with van der Waals surface area (Å²) in [5, 5.41) is 0. The highest BCUT2D eigenvalue weighted by Crippen LogP contribution is 2.57. The van der Waals surface area contributed by atoms with Crippen molar-refractivity contribution in [1.29, 1.82) is 0 Å². The van der Waals surface area contributed by atoms with Crippen LogP contribution in [0.2, 0.25) is 0 Å². The molecule has 0 N–H and O–H groups in total. The number of alkyl halides is 3. The van der Waals surface area contributed by atoms with Gasteiger partial charge in [0.2, 0.25) is 0 Å². The Morgan fingerprint density at radius 1 is 1.29 bits per heavy atom. The first-order chi connectivity index (χ1) is 13.0. The number of fused-ring (bicyclic) bond motifs is 1. The number of carbonyl (C=O) groups excluding carboxylic acids is 1. The van der Waals surface area contributed by atoms with E-state index in [9.17, 15) is 26.4 Å². The first-order valence-electron chi connectivity index (χ1n) is 9.32. The van der Waals surface area contributed by atoms with E-state index >= 15 is 0 Å². The number of nitrogens with zero attached hydrogens (tertiary/aromatic N) is 1. The summed E-state index contributed by atoms with van der Waals surface area (Å²) in [7, 11) is -3.77. The van der Waals surface area contributed by atoms with Crippen LogP contribution in [-0.4, -0.2) is 44.2 Å². The average Bonchev–Trinajstić information content (AvgIpc) is 2.59. The number of halogens is 3. The zero-order chi connectivity index (χ0) is 20.5. The number of aryl methyl sites for hydroxylation is 1. The normalized spacial score (nSPS) is 30.5. The molecule has 2 bridgehead atoms. The molecule has 1 saturated carbocycles. The number of likely N-dealkylation sites (N-methyl/N-ethyl adjacent to an activating group) is 1. The molecule has 2 fully saturated rings. The van der Waals surface area contributed by atoms with Gasteiger partial charge in [0.05, 0.1) is 0 Å². The minimum Gasteiger partial charge on any atom is -0.375 e. The van der Waals surface area contributed by atoms with E-state index in [1.54, 1.807) is 13.0 Å². The van der Waals surface area contributed by atoms with Crippen LogP contribution in [-0.2, 0) is 26.7 Å². The number of likely N-dealkylation sites (tertiary alicyclic amines) is 1. The van der Waals surface area contributed by atoms with Crippen molar-refractivity contribution in [2.75, 3.05) is 13.6 Å². The number of rotatable bonds is 2. The van der Waals surface area contributed by atoms with Crippen molar-refractivity contribution in [3.8, 4) is 5.75 Å². The molecule has 0 aromatic heterocycles. The van der Waals surface area contributed by atoms with Crippen LogP contribution in [0.4, 0.5) is 13.2 Å². The monoisotopic (exact) mass is 417 g/mol. The SMILES string of the molecule is Cc1ccc2c(c1OS(=O)(=O)C(F)(F)F)[C@]13CCN(C)C(C2)[C@@H]1CCC(=O)C3. The molecular weight excluding hydrogens is 395 g/mol. The zero-order valence-corrected chi connectivity index (χ0v) is 16.5. The topological polar surface area (TPSA) is 63.7 Å². The van der Waals surface area contributed by atoms with Gasteiger partial charge in [-0.1, -0.05) is 12.1 Å². The summed E-state index contributed by atoms with van der Waals surface area (Å²) in [6.07, 6.45) is 2.53. The Hall–Kier alpha value is -1.61. The molecule has 2 aliphatic carbocycles. The number of carbonyl (C=O) groups is 1. The Bertz CT molecular complexity index is 943. The first kappa shape index (κ1) is 19.7. The predicted molar refractivity (Wildman–Crippen MR) is 95.5 cm³/mol. The Balaban J connectivity index is 1.93. The fourth-order valence-electron chi connectivity index (χ4n) is 5.48. The van der Waals surface area contributed by atoms with Gasteiger partial charge in [-0.25, -0.2) is 0 Å². The van der Waals surface area contributed by atoms with E-state index in [1.807, 2.05) is 13.1 Å². The number of hydrogen-bond donors (Lipinski definition) is 0. The van der Waals surface area contributed by atoms with Crippen LogP contribution in [0.25, 0.3) is 0 Å². The minimum absolute atomic E-state index is 0.0681. The Kier molecular flexibility index (Phi) is 4.36. The summed E-state index contributed by atoms with van der Waals surface area (Å²) >= 11 is 0. The molecule has 1 heterocycles. The summed E-state index contributed by atoms with van der Waals surface area (Å²) in [6.45, 7) is 2.24. The van der Waals surface area contributed by atoms with Crippen LogP contribution in [0.5, 0.6) is 5.75 Å². The maximum atomic E-state index is 13.0. The number of ketones is 1. The molecule has 28 heavy (non-hydrogen) atoms. The Morgan fingerprint density at radius 3 is 2.68 bits per heavy atom. The Morgan fingerprint density at radius 2 is 2.00 bits per heavy atom. The van der Waals surface area contributed by atoms with Gasteiger partial charge in [0.15, 0.2) is 0 Å². The highest BCUT2D eigenvalue weighted by Gasteiger charge is 2.57. The largest absolute Gasteiger partial charge is 0.534 e. The number of hydrogen-bond acceptors (Lipinski definition) is 5. The van der Waals surface area contributed by atoms with Crippen molar-refractivity contribution in [3.63, 3.8) is 0 Å². The Labute approximate surface area is 162 Å². The summed E-state index contributed by atoms with van der Waals surface area (Å²) in [5.41, 5.74) is -4.56. The molecule has 1 aromatic carbocycles. The van der Waals surface area contributed by atoms with E-state index in [0.717, 1.165) is 5.56 Å². The second-order valence-corrected chi connectivity index (χ2v) is 9.79. The zero-order valence-electron chi connectivity index (χ0n) is 15.7. The number of Topliss-reactive ketones (excluding diaryl/α,β-unsaturated/α-hetero) is 1. The van der Waals surface area contributed by atoms with Gasteiger partial charge in [0.1, 0.15) is 11.5 Å². The third-order valence-corrected chi connectivity index (χ3v) is 7.70. The van der Waals surface area contributed by atoms with Crippen LogP contribution >= 0.6 is 0 Å². The van der Waals surface area contributed by atoms with Crippen LogP contribution in [0.3, 0.4) is 0 Å². The molecule has 1 aliphatic heterocycles. The van der Waals surface area contributed by atoms with Crippen LogP contribution in [0, 0.1) is 12.8 Å². The lowest BCUT2D eigenvalue weighted by Crippen LogP contribution is -2.61. The molecule has 3 atom stereocenters. The van der Waals surface area contributed by atoms with Crippen LogP contribution in [0.1, 0.15) is 42.4 Å². The molecule has 1 saturated heterocycles. The molecule has 4 rings (SSSR count). The van der Waals surface area contributed by atoms with E-state index in [2.05, 4.69) is 4.90 Å². The fourth-order valence-corrected chi connectivity index (χ4v) is 6.01. The van der Waals surface area contributed by atoms with Gasteiger partial charge in [-0.2, -0.15) is 21.6 Å². The van der Waals surface area contributed by atoms with E-state index < -0.39 is 21.0 Å². The third kappa shape index (κ3) is 2.77. The molecule has 0 radical (unpaired) electrons. The summed E-state index contributed by atoms with van der Waals surface area (Å²) < 4.78 is 67.3. The summed E-state index contributed by atoms with van der Waals surface area (Å²) in [6, 6.07) is 3.61. The van der Waals surface area contributed by atoms with Crippen molar-refractivity contribution in [2.45, 2.75) is 56.0 Å². The molecular formula is C19H22F3NO4S. The molecule has 1 unspecified atom stereocenters. The van der Waals surface area contributed by atoms with Crippen molar-refractivity contribution >= 4 is 15.9 Å². The third-order valence-electron chi connectivity index (χ3n) is 6.74. The summed E-state index contributed by atoms with van der Waals surface area (Å²) in [4.78, 5) is 14.6. The maximum absolute atomic E-state index is 13.0. The van der Waals surface area contributed by atoms with Crippen molar-refractivity contribution in [1.82, 2.24) is 4.90 Å². The molecule has 154 valence electrons. The molecule has 9 heteroatoms. The van der Waals surface area contributed by atoms with Crippen molar-refractivity contribution < 1.29 is 30.6 Å². The van der Waals surface area contributed by atoms with Gasteiger partial charge >= 0.3 is 15.6 Å². The number of piperidine rings is 1. The van der Waals surface area contributed by atoms with Gasteiger partial charge < -0.3 is 9.08 Å². The lowest BCUT2D eigenvalue weighted by atomic mass is 9.52. The maximum Gasteiger partial charge on any atom is 0.534 e. The second kappa shape index (κ2) is 6.19. The second-order valence-electron chi connectivity index (χ2n) is 8.25. The summed E-state index contributed by atoms with van der Waals surface area (Å²) in [5.74, 6) is -0.0785. The smallest absolute Gasteiger partial charge is 0.375 e. The number of benzene rings is 1. The van der Waals surface area contributed by atoms with Gasteiger partial charge in [-0.05, 0) is 56.8 Å². The molecule has 0 spiro atoms. The fraction of sp³-hybridized carbons (Fsp3) is 0.632.